The molecule has 0 aromatic heterocycles. The second-order valence-electron chi connectivity index (χ2n) is 15.5. The molecule has 0 bridgehead atoms. The van der Waals surface area contributed by atoms with Gasteiger partial charge in [-0.3, -0.25) is 14.4 Å². The molecule has 0 radical (unpaired) electrons. The first-order valence-electron chi connectivity index (χ1n) is 19.3. The summed E-state index contributed by atoms with van der Waals surface area (Å²) in [4.78, 5) is 39.8. The molecule has 7 nitrogen and oxygen atoms in total. The zero-order valence-electron chi connectivity index (χ0n) is 32.5. The van der Waals surface area contributed by atoms with Crippen molar-refractivity contribution in [1.29, 1.82) is 0 Å². The molecule has 280 valence electrons. The molecule has 48 heavy (non-hydrogen) atoms. The molecule has 0 fully saturated rings. The van der Waals surface area contributed by atoms with Crippen LogP contribution in [0.3, 0.4) is 0 Å². The average molecular weight is 678 g/mol. The number of allylic oxidation sites excluding steroid dienone is 2. The van der Waals surface area contributed by atoms with Crippen LogP contribution in [0.4, 0.5) is 0 Å². The number of carbonyl (C=O) groups excluding carboxylic acids is 3. The lowest BCUT2D eigenvalue weighted by Gasteiger charge is -2.36. The van der Waals surface area contributed by atoms with Gasteiger partial charge in [-0.1, -0.05) is 104 Å². The average Bonchev–Trinajstić information content (AvgIpc) is 2.98. The van der Waals surface area contributed by atoms with Crippen LogP contribution >= 0.6 is 0 Å². The first-order chi connectivity index (χ1) is 22.8. The summed E-state index contributed by atoms with van der Waals surface area (Å²) in [5.41, 5.74) is -0.118. The fraction of sp³-hybridized carbons (Fsp3) is 0.829. The van der Waals surface area contributed by atoms with Crippen molar-refractivity contribution < 1.29 is 28.6 Å². The molecule has 0 unspecified atom stereocenters. The summed E-state index contributed by atoms with van der Waals surface area (Å²) in [7, 11) is 4.15. The zero-order valence-corrected chi connectivity index (χ0v) is 32.5. The number of unbranched alkanes of at least 4 members (excludes halogenated alkanes) is 10. The minimum absolute atomic E-state index is 0.0742. The first-order valence-corrected chi connectivity index (χ1v) is 19.3. The van der Waals surface area contributed by atoms with Gasteiger partial charge in [0.1, 0.15) is 19.3 Å². The predicted molar refractivity (Wildman–Crippen MR) is 200 cm³/mol. The Hall–Kier alpha value is -2.15. The Morgan fingerprint density at radius 1 is 0.604 bits per heavy atom. The molecule has 0 heterocycles. The Balaban J connectivity index is 4.76. The minimum Gasteiger partial charge on any atom is -0.462 e. The summed E-state index contributed by atoms with van der Waals surface area (Å²) in [6.07, 6.45) is 26.0. The van der Waals surface area contributed by atoms with Crippen molar-refractivity contribution in [3.8, 4) is 0 Å². The van der Waals surface area contributed by atoms with Crippen LogP contribution in [0.15, 0.2) is 24.3 Å². The maximum atomic E-state index is 13.2. The van der Waals surface area contributed by atoms with Crippen molar-refractivity contribution in [3.63, 3.8) is 0 Å². The molecule has 7 heteroatoms. The van der Waals surface area contributed by atoms with Crippen molar-refractivity contribution in [1.82, 2.24) is 4.90 Å². The van der Waals surface area contributed by atoms with Crippen LogP contribution in [-0.4, -0.2) is 62.8 Å². The molecule has 0 aliphatic heterocycles. The molecule has 0 saturated heterocycles. The Morgan fingerprint density at radius 3 is 1.52 bits per heavy atom. The van der Waals surface area contributed by atoms with E-state index in [1.165, 1.54) is 51.4 Å². The van der Waals surface area contributed by atoms with Gasteiger partial charge < -0.3 is 19.1 Å². The van der Waals surface area contributed by atoms with Crippen LogP contribution in [0.1, 0.15) is 170 Å². The zero-order chi connectivity index (χ0) is 36.1. The van der Waals surface area contributed by atoms with Gasteiger partial charge in [0.15, 0.2) is 0 Å². The second kappa shape index (κ2) is 28.7. The second-order valence-corrected chi connectivity index (χ2v) is 15.5. The maximum absolute atomic E-state index is 13.2. The standard InChI is InChI=1S/C41H75NO6/c1-9-11-13-15-17-19-25-31-46-37(43)29-23-21-27-36(48-39(45)33-40(3,4)34-41(5,6)35-42(7)8)28-22-24-30-38(44)47-32-26-20-18-16-14-12-10-2/h19-20,25-26,36H,9-18,21-24,27-35H2,1-8H3/b25-19-,26-20-. The van der Waals surface area contributed by atoms with Crippen LogP contribution in [0.2, 0.25) is 0 Å². The van der Waals surface area contributed by atoms with E-state index in [2.05, 4.69) is 72.7 Å². The largest absolute Gasteiger partial charge is 0.462 e. The highest BCUT2D eigenvalue weighted by Crippen LogP contribution is 2.37. The fourth-order valence-corrected chi connectivity index (χ4v) is 6.61. The summed E-state index contributed by atoms with van der Waals surface area (Å²) in [6, 6.07) is 0. The maximum Gasteiger partial charge on any atom is 0.306 e. The number of carbonyl (C=O) groups is 3. The van der Waals surface area contributed by atoms with E-state index in [0.29, 0.717) is 58.2 Å². The number of ether oxygens (including phenoxy) is 3. The van der Waals surface area contributed by atoms with E-state index in [1.807, 2.05) is 12.2 Å². The topological polar surface area (TPSA) is 82.1 Å². The van der Waals surface area contributed by atoms with E-state index in [0.717, 1.165) is 38.6 Å². The quantitative estimate of drug-likeness (QED) is 0.0312. The lowest BCUT2D eigenvalue weighted by atomic mass is 9.73. The molecule has 0 amide bonds. The third-order valence-corrected chi connectivity index (χ3v) is 8.40. The van der Waals surface area contributed by atoms with Crippen LogP contribution < -0.4 is 0 Å². The Kier molecular flexibility index (Phi) is 27.4. The number of rotatable bonds is 31. The van der Waals surface area contributed by atoms with Gasteiger partial charge in [-0.15, -0.1) is 0 Å². The summed E-state index contributed by atoms with van der Waals surface area (Å²) < 4.78 is 16.8. The Morgan fingerprint density at radius 2 is 1.08 bits per heavy atom. The van der Waals surface area contributed by atoms with E-state index < -0.39 is 0 Å². The minimum atomic E-state index is -0.235. The van der Waals surface area contributed by atoms with Crippen molar-refractivity contribution in [2.75, 3.05) is 33.9 Å². The smallest absolute Gasteiger partial charge is 0.306 e. The number of hydrogen-bond acceptors (Lipinski definition) is 7. The van der Waals surface area contributed by atoms with Gasteiger partial charge in [0.05, 0.1) is 6.42 Å². The predicted octanol–water partition coefficient (Wildman–Crippen LogP) is 10.6. The third kappa shape index (κ3) is 29.9. The van der Waals surface area contributed by atoms with E-state index in [-0.39, 0.29) is 34.8 Å². The van der Waals surface area contributed by atoms with E-state index in [4.69, 9.17) is 14.2 Å². The molecule has 0 aromatic carbocycles. The van der Waals surface area contributed by atoms with Crippen LogP contribution in [0.5, 0.6) is 0 Å². The van der Waals surface area contributed by atoms with Crippen molar-refractivity contribution in [2.45, 2.75) is 176 Å². The molecule has 0 N–H and O–H groups in total. The molecule has 0 aliphatic carbocycles. The van der Waals surface area contributed by atoms with Gasteiger partial charge in [0.25, 0.3) is 0 Å². The molecule has 0 saturated carbocycles. The van der Waals surface area contributed by atoms with Crippen molar-refractivity contribution in [3.05, 3.63) is 24.3 Å². The van der Waals surface area contributed by atoms with Crippen molar-refractivity contribution >= 4 is 17.9 Å². The SMILES string of the molecule is CCCCCC/C=C\COC(=O)CCCCC(CCCCC(=O)OC/C=C\CCCCCC)OC(=O)CC(C)(C)CC(C)(C)CN(C)C. The van der Waals surface area contributed by atoms with Crippen LogP contribution in [0.25, 0.3) is 0 Å². The molecule has 0 aliphatic rings. The molecule has 0 aromatic rings. The van der Waals surface area contributed by atoms with Gasteiger partial charge in [0.2, 0.25) is 0 Å². The molecule has 0 spiro atoms. The molecular formula is C41H75NO6. The highest BCUT2D eigenvalue weighted by Gasteiger charge is 2.32. The third-order valence-electron chi connectivity index (χ3n) is 8.40. The van der Waals surface area contributed by atoms with Gasteiger partial charge in [0, 0.05) is 19.4 Å². The van der Waals surface area contributed by atoms with Crippen molar-refractivity contribution in [2.24, 2.45) is 10.8 Å². The molecule has 0 rings (SSSR count). The van der Waals surface area contributed by atoms with E-state index in [1.54, 1.807) is 0 Å². The van der Waals surface area contributed by atoms with E-state index in [9.17, 15) is 14.4 Å². The monoisotopic (exact) mass is 678 g/mol. The number of esters is 3. The molecular weight excluding hydrogens is 602 g/mol. The number of nitrogens with zero attached hydrogens (tertiary/aromatic N) is 1. The van der Waals surface area contributed by atoms with Gasteiger partial charge >= 0.3 is 17.9 Å². The normalized spacial score (nSPS) is 12.5. The lowest BCUT2D eigenvalue weighted by molar-refractivity contribution is -0.153. The Labute approximate surface area is 296 Å². The lowest BCUT2D eigenvalue weighted by Crippen LogP contribution is -2.34. The summed E-state index contributed by atoms with van der Waals surface area (Å²) >= 11 is 0. The van der Waals surface area contributed by atoms with Crippen LogP contribution in [-0.2, 0) is 28.6 Å². The van der Waals surface area contributed by atoms with Gasteiger partial charge in [-0.2, -0.15) is 0 Å². The fourth-order valence-electron chi connectivity index (χ4n) is 6.61. The Bertz CT molecular complexity index is 845. The highest BCUT2D eigenvalue weighted by molar-refractivity contribution is 5.70. The van der Waals surface area contributed by atoms with Crippen LogP contribution in [0, 0.1) is 10.8 Å². The summed E-state index contributed by atoms with van der Waals surface area (Å²) in [5, 5.41) is 0. The summed E-state index contributed by atoms with van der Waals surface area (Å²) in [5.74, 6) is -0.551. The number of hydrogen-bond donors (Lipinski definition) is 0. The van der Waals surface area contributed by atoms with Gasteiger partial charge in [-0.05, 0) is 95.6 Å². The van der Waals surface area contributed by atoms with Gasteiger partial charge in [-0.25, -0.2) is 0 Å². The van der Waals surface area contributed by atoms with E-state index >= 15 is 0 Å². The first kappa shape index (κ1) is 45.9. The molecule has 0 atom stereocenters. The highest BCUT2D eigenvalue weighted by atomic mass is 16.5. The summed E-state index contributed by atoms with van der Waals surface area (Å²) in [6.45, 7) is 14.8.